The lowest BCUT2D eigenvalue weighted by Gasteiger charge is -2.35. The van der Waals surface area contributed by atoms with Crippen molar-refractivity contribution in [2.24, 2.45) is 5.84 Å². The third-order valence-electron chi connectivity index (χ3n) is 2.76. The van der Waals surface area contributed by atoms with Crippen LogP contribution in [0, 0.1) is 11.6 Å². The largest absolute Gasteiger partial charge is 0.394 e. The summed E-state index contributed by atoms with van der Waals surface area (Å²) < 4.78 is 32.1. The number of halogens is 2. The molecule has 1 fully saturated rings. The number of pyridine rings is 1. The minimum Gasteiger partial charge on any atom is -0.394 e. The molecule has 6 nitrogen and oxygen atoms in total. The Morgan fingerprint density at radius 3 is 3.00 bits per heavy atom. The molecule has 1 aliphatic rings. The Hall–Kier alpha value is -1.51. The van der Waals surface area contributed by atoms with Crippen LogP contribution in [0.15, 0.2) is 6.07 Å². The van der Waals surface area contributed by atoms with Crippen LogP contribution in [0.5, 0.6) is 0 Å². The van der Waals surface area contributed by atoms with E-state index in [-0.39, 0.29) is 24.8 Å². The summed E-state index contributed by atoms with van der Waals surface area (Å²) in [7, 11) is 0. The maximum atomic E-state index is 13.7. The number of hydrogen-bond acceptors (Lipinski definition) is 6. The third-order valence-corrected chi connectivity index (χ3v) is 2.76. The molecule has 1 aromatic rings. The van der Waals surface area contributed by atoms with E-state index in [2.05, 4.69) is 10.4 Å². The molecular weight excluding hydrogens is 246 g/mol. The second-order valence-corrected chi connectivity index (χ2v) is 3.87. The number of aliphatic hydroxyl groups is 1. The van der Waals surface area contributed by atoms with Crippen LogP contribution in [0.2, 0.25) is 0 Å². The molecule has 8 heteroatoms. The molecule has 0 amide bonds. The predicted octanol–water partition coefficient (Wildman–Crippen LogP) is -0.157. The average molecular weight is 260 g/mol. The second-order valence-electron chi connectivity index (χ2n) is 3.87. The van der Waals surface area contributed by atoms with Crippen molar-refractivity contribution in [3.63, 3.8) is 0 Å². The van der Waals surface area contributed by atoms with E-state index in [9.17, 15) is 13.9 Å². The van der Waals surface area contributed by atoms with Gasteiger partial charge in [-0.1, -0.05) is 0 Å². The van der Waals surface area contributed by atoms with Gasteiger partial charge in [0.1, 0.15) is 0 Å². The Morgan fingerprint density at radius 1 is 1.56 bits per heavy atom. The maximum absolute atomic E-state index is 13.7. The SMILES string of the molecule is NNc1nc(N2CCOCC2CO)c(F)cc1F. The van der Waals surface area contributed by atoms with Crippen LogP contribution >= 0.6 is 0 Å². The molecule has 2 rings (SSSR count). The highest BCUT2D eigenvalue weighted by atomic mass is 19.1. The van der Waals surface area contributed by atoms with Gasteiger partial charge in [0, 0.05) is 12.6 Å². The summed E-state index contributed by atoms with van der Waals surface area (Å²) in [5.41, 5.74) is 2.06. The van der Waals surface area contributed by atoms with E-state index in [1.54, 1.807) is 4.90 Å². The topological polar surface area (TPSA) is 83.6 Å². The van der Waals surface area contributed by atoms with Gasteiger partial charge < -0.3 is 20.2 Å². The highest BCUT2D eigenvalue weighted by Gasteiger charge is 2.27. The molecule has 1 atom stereocenters. The zero-order valence-corrected chi connectivity index (χ0v) is 9.57. The zero-order valence-electron chi connectivity index (χ0n) is 9.57. The Morgan fingerprint density at radius 2 is 2.33 bits per heavy atom. The van der Waals surface area contributed by atoms with Gasteiger partial charge in [0.25, 0.3) is 0 Å². The Balaban J connectivity index is 2.36. The summed E-state index contributed by atoms with van der Waals surface area (Å²) in [5, 5.41) is 9.21. The van der Waals surface area contributed by atoms with E-state index >= 15 is 0 Å². The minimum absolute atomic E-state index is 0.0494. The van der Waals surface area contributed by atoms with Crippen molar-refractivity contribution in [2.75, 3.05) is 36.7 Å². The van der Waals surface area contributed by atoms with Crippen molar-refractivity contribution in [3.8, 4) is 0 Å². The van der Waals surface area contributed by atoms with Gasteiger partial charge in [-0.05, 0) is 0 Å². The van der Waals surface area contributed by atoms with Gasteiger partial charge in [-0.15, -0.1) is 0 Å². The second kappa shape index (κ2) is 5.42. The lowest BCUT2D eigenvalue weighted by Crippen LogP contribution is -2.48. The maximum Gasteiger partial charge on any atom is 0.178 e. The van der Waals surface area contributed by atoms with Gasteiger partial charge in [0.15, 0.2) is 23.3 Å². The lowest BCUT2D eigenvalue weighted by atomic mass is 10.2. The van der Waals surface area contributed by atoms with E-state index < -0.39 is 17.7 Å². The number of nitrogens with zero attached hydrogens (tertiary/aromatic N) is 2. The first-order chi connectivity index (χ1) is 8.67. The monoisotopic (exact) mass is 260 g/mol. The Bertz CT molecular complexity index is 433. The van der Waals surface area contributed by atoms with Crippen molar-refractivity contribution >= 4 is 11.6 Å². The molecular formula is C10H14F2N4O2. The fourth-order valence-corrected chi connectivity index (χ4v) is 1.84. The van der Waals surface area contributed by atoms with Crippen molar-refractivity contribution in [1.82, 2.24) is 4.98 Å². The van der Waals surface area contributed by atoms with Gasteiger partial charge in [0.05, 0.1) is 25.9 Å². The fraction of sp³-hybridized carbons (Fsp3) is 0.500. The molecule has 1 unspecified atom stereocenters. The van der Waals surface area contributed by atoms with Gasteiger partial charge in [-0.2, -0.15) is 0 Å². The summed E-state index contributed by atoms with van der Waals surface area (Å²) in [5.74, 6) is 3.14. The Kier molecular flexibility index (Phi) is 3.90. The van der Waals surface area contributed by atoms with E-state index in [1.807, 2.05) is 0 Å². The number of ether oxygens (including phenoxy) is 1. The van der Waals surface area contributed by atoms with Crippen LogP contribution in [0.3, 0.4) is 0 Å². The first-order valence-corrected chi connectivity index (χ1v) is 5.45. The predicted molar refractivity (Wildman–Crippen MR) is 61.0 cm³/mol. The Labute approximate surface area is 102 Å². The van der Waals surface area contributed by atoms with Crippen LogP contribution in [-0.4, -0.2) is 42.5 Å². The van der Waals surface area contributed by atoms with E-state index in [1.165, 1.54) is 0 Å². The molecule has 1 aromatic heterocycles. The molecule has 18 heavy (non-hydrogen) atoms. The third kappa shape index (κ3) is 2.35. The lowest BCUT2D eigenvalue weighted by molar-refractivity contribution is 0.0719. The number of nitrogens with two attached hydrogens (primary N) is 1. The number of aromatic nitrogens is 1. The van der Waals surface area contributed by atoms with Crippen LogP contribution in [-0.2, 0) is 4.74 Å². The van der Waals surface area contributed by atoms with Gasteiger partial charge in [-0.25, -0.2) is 19.6 Å². The number of nitrogens with one attached hydrogen (secondary N) is 1. The standard InChI is InChI=1S/C10H14F2N4O2/c11-7-3-8(12)10(14-9(7)15-13)16-1-2-18-5-6(16)4-17/h3,6,17H,1-2,4-5,13H2,(H,14,15). The molecule has 2 heterocycles. The molecule has 100 valence electrons. The molecule has 0 spiro atoms. The number of hydrogen-bond donors (Lipinski definition) is 3. The number of anilines is 2. The van der Waals surface area contributed by atoms with Gasteiger partial charge in [0.2, 0.25) is 0 Å². The van der Waals surface area contributed by atoms with Crippen LogP contribution < -0.4 is 16.2 Å². The minimum atomic E-state index is -0.868. The summed E-state index contributed by atoms with van der Waals surface area (Å²) in [6.45, 7) is 0.815. The van der Waals surface area contributed by atoms with Crippen LogP contribution in [0.25, 0.3) is 0 Å². The molecule has 0 bridgehead atoms. The normalized spacial score (nSPS) is 20.0. The number of hydrazine groups is 1. The smallest absolute Gasteiger partial charge is 0.178 e. The number of morpholine rings is 1. The summed E-state index contributed by atoms with van der Waals surface area (Å²) in [6.07, 6.45) is 0. The van der Waals surface area contributed by atoms with Crippen LogP contribution in [0.1, 0.15) is 0 Å². The zero-order chi connectivity index (χ0) is 13.1. The first-order valence-electron chi connectivity index (χ1n) is 5.45. The highest BCUT2D eigenvalue weighted by Crippen LogP contribution is 2.24. The highest BCUT2D eigenvalue weighted by molar-refractivity contribution is 5.49. The average Bonchev–Trinajstić information content (AvgIpc) is 2.39. The molecule has 4 N–H and O–H groups in total. The number of rotatable bonds is 3. The van der Waals surface area contributed by atoms with E-state index in [0.717, 1.165) is 0 Å². The first kappa shape index (κ1) is 12.9. The fourth-order valence-electron chi connectivity index (χ4n) is 1.84. The van der Waals surface area contributed by atoms with Gasteiger partial charge in [-0.3, -0.25) is 0 Å². The summed E-state index contributed by atoms with van der Waals surface area (Å²) in [4.78, 5) is 5.33. The van der Waals surface area contributed by atoms with E-state index in [0.29, 0.717) is 19.2 Å². The van der Waals surface area contributed by atoms with E-state index in [4.69, 9.17) is 10.6 Å². The summed E-state index contributed by atoms with van der Waals surface area (Å²) in [6, 6.07) is 0.304. The van der Waals surface area contributed by atoms with Crippen molar-refractivity contribution in [1.29, 1.82) is 0 Å². The molecule has 0 aliphatic carbocycles. The van der Waals surface area contributed by atoms with Crippen molar-refractivity contribution < 1.29 is 18.6 Å². The van der Waals surface area contributed by atoms with Crippen molar-refractivity contribution in [3.05, 3.63) is 17.7 Å². The molecule has 0 radical (unpaired) electrons. The van der Waals surface area contributed by atoms with Crippen molar-refractivity contribution in [2.45, 2.75) is 6.04 Å². The molecule has 0 aromatic carbocycles. The summed E-state index contributed by atoms with van der Waals surface area (Å²) >= 11 is 0. The van der Waals surface area contributed by atoms with Crippen LogP contribution in [0.4, 0.5) is 20.4 Å². The molecule has 0 saturated carbocycles. The molecule has 1 aliphatic heterocycles. The quantitative estimate of drug-likeness (QED) is 0.517. The van der Waals surface area contributed by atoms with Gasteiger partial charge >= 0.3 is 0 Å². The number of aliphatic hydroxyl groups excluding tert-OH is 1. The molecule has 1 saturated heterocycles. The number of nitrogen functional groups attached to an aromatic ring is 1.